The summed E-state index contributed by atoms with van der Waals surface area (Å²) >= 11 is 5.55. The first-order valence-electron chi connectivity index (χ1n) is 46.9. The van der Waals surface area contributed by atoms with Gasteiger partial charge in [-0.15, -0.1) is 34.0 Å². The number of hydrogen-bond acceptors (Lipinski definition) is 12. The highest BCUT2D eigenvalue weighted by Gasteiger charge is 2.25. The number of fused-ring (bicyclic) bond motifs is 28. The predicted molar refractivity (Wildman–Crippen MR) is 593 cm³/mol. The van der Waals surface area contributed by atoms with E-state index in [0.717, 1.165) is 166 Å². The highest BCUT2D eigenvalue weighted by molar-refractivity contribution is 7.27. The molecule has 30 aromatic rings. The van der Waals surface area contributed by atoms with Crippen molar-refractivity contribution in [2.24, 2.45) is 0 Å². The van der Waals surface area contributed by atoms with E-state index in [2.05, 4.69) is 394 Å². The van der Waals surface area contributed by atoms with Crippen molar-refractivity contribution in [3.05, 3.63) is 461 Å². The van der Waals surface area contributed by atoms with Gasteiger partial charge in [0.05, 0.1) is 44.8 Å². The molecule has 0 aliphatic rings. The van der Waals surface area contributed by atoms with Crippen LogP contribution in [-0.4, -0.2) is 39.9 Å². The van der Waals surface area contributed by atoms with Gasteiger partial charge in [0.1, 0.15) is 11.2 Å². The zero-order valence-corrected chi connectivity index (χ0v) is 77.5. The molecule has 0 N–H and O–H groups in total. The molecule has 0 unspecified atom stereocenters. The fourth-order valence-corrected chi connectivity index (χ4v) is 24.4. The lowest BCUT2D eigenvalue weighted by atomic mass is 9.98. The molecule has 0 spiro atoms. The smallest absolute Gasteiger partial charge is 0.161 e. The Bertz CT molecular complexity index is 9980. The Balaban J connectivity index is 0.0000000939. The highest BCUT2D eigenvalue weighted by atomic mass is 32.1. The summed E-state index contributed by atoms with van der Waals surface area (Å²) in [5, 5.41) is 28.4. The van der Waals surface area contributed by atoms with Crippen molar-refractivity contribution < 1.29 is 4.42 Å². The molecular formula is C128H76N8OS3. The number of para-hydroxylation sites is 3. The first kappa shape index (κ1) is 81.7. The van der Waals surface area contributed by atoms with Crippen LogP contribution in [0.4, 0.5) is 0 Å². The van der Waals surface area contributed by atoms with Gasteiger partial charge in [0.2, 0.25) is 0 Å². The minimum atomic E-state index is 0.700. The molecular weight excluding hydrogens is 1760 g/mol. The van der Waals surface area contributed by atoms with Crippen LogP contribution in [0.2, 0.25) is 0 Å². The molecule has 0 aliphatic carbocycles. The third kappa shape index (κ3) is 14.1. The van der Waals surface area contributed by atoms with Crippen LogP contribution in [0.25, 0.3) is 281 Å². The van der Waals surface area contributed by atoms with Gasteiger partial charge in [0.25, 0.3) is 0 Å². The summed E-state index contributed by atoms with van der Waals surface area (Å²) < 4.78 is 14.2. The summed E-state index contributed by atoms with van der Waals surface area (Å²) in [5.41, 5.74) is 18.0. The van der Waals surface area contributed by atoms with Crippen molar-refractivity contribution in [1.29, 1.82) is 0 Å². The average molecular weight is 1840 g/mol. The molecule has 22 aromatic carbocycles. The average Bonchev–Trinajstić information content (AvgIpc) is 1.48. The van der Waals surface area contributed by atoms with E-state index in [1.807, 2.05) is 101 Å². The number of nitrogens with zero attached hydrogens (tertiary/aromatic N) is 8. The fraction of sp³-hybridized carbons (Fsp3) is 0. The summed E-state index contributed by atoms with van der Waals surface area (Å²) in [5.74, 6) is 2.99. The van der Waals surface area contributed by atoms with Gasteiger partial charge in [-0.25, -0.2) is 39.9 Å². The van der Waals surface area contributed by atoms with Gasteiger partial charge in [0, 0.05) is 164 Å². The summed E-state index contributed by atoms with van der Waals surface area (Å²) in [7, 11) is 0. The van der Waals surface area contributed by atoms with Crippen molar-refractivity contribution in [1.82, 2.24) is 39.9 Å². The third-order valence-corrected chi connectivity index (χ3v) is 30.7. The van der Waals surface area contributed by atoms with E-state index < -0.39 is 0 Å². The van der Waals surface area contributed by atoms with Crippen molar-refractivity contribution in [3.8, 4) is 90.6 Å². The number of rotatable bonds is 8. The van der Waals surface area contributed by atoms with Crippen LogP contribution >= 0.6 is 34.0 Å². The lowest BCUT2D eigenvalue weighted by Crippen LogP contribution is -1.96. The number of furan rings is 1. The normalized spacial score (nSPS) is 11.7. The van der Waals surface area contributed by atoms with E-state index >= 15 is 0 Å². The van der Waals surface area contributed by atoms with Gasteiger partial charge in [-0.3, -0.25) is 0 Å². The van der Waals surface area contributed by atoms with Gasteiger partial charge in [-0.2, -0.15) is 0 Å². The molecule has 0 aliphatic heterocycles. The van der Waals surface area contributed by atoms with Crippen molar-refractivity contribution in [2.45, 2.75) is 0 Å². The molecule has 0 atom stereocenters. The lowest BCUT2D eigenvalue weighted by molar-refractivity contribution is 0.672. The molecule has 0 amide bonds. The molecule has 8 aromatic heterocycles. The molecule has 0 bridgehead atoms. The lowest BCUT2D eigenvalue weighted by Gasteiger charge is -2.13. The van der Waals surface area contributed by atoms with Gasteiger partial charge in [0.15, 0.2) is 23.3 Å². The Labute approximate surface area is 814 Å². The maximum atomic E-state index is 6.37. The molecule has 12 heteroatoms. The molecule has 0 fully saturated rings. The topological polar surface area (TPSA) is 116 Å². The van der Waals surface area contributed by atoms with E-state index in [-0.39, 0.29) is 0 Å². The second-order valence-corrected chi connectivity index (χ2v) is 38.4. The highest BCUT2D eigenvalue weighted by Crippen LogP contribution is 2.49. The summed E-state index contributed by atoms with van der Waals surface area (Å²) in [6.45, 7) is 0. The molecule has 9 nitrogen and oxygen atoms in total. The standard InChI is InChI=1S/2C34H20N2S.C30H18N2O.C30H18N2S/c1-2-10-23(11-3-1)31-28-20-17-21-9-4-5-13-24(21)32(28)36-34(35-31)27-15-8-12-22-18-19-26-25-14-6-7-16-29(25)37-33(26)30(22)27;1-2-10-23(11-3-1)32-31-24-13-5-4-9-21(24)18-20-28(31)35-34(36-32)27-15-8-12-22-17-19-26-25-14-6-7-16-29(25)37-33(26)30(22)27;2*1-2-9-20(10-3-1)28-23-13-4-6-15-25(23)31-30(32-28)24-14-8-11-19-17-18-22-21-12-5-7-16-26(21)33-29(22)27(19)24/h2*1-20H;2*1-18H. The van der Waals surface area contributed by atoms with Gasteiger partial charge >= 0.3 is 0 Å². The summed E-state index contributed by atoms with van der Waals surface area (Å²) in [4.78, 5) is 41.3. The van der Waals surface area contributed by atoms with Crippen molar-refractivity contribution in [3.63, 3.8) is 0 Å². The maximum Gasteiger partial charge on any atom is 0.161 e. The predicted octanol–water partition coefficient (Wildman–Crippen LogP) is 35.8. The minimum Gasteiger partial charge on any atom is -0.455 e. The fourth-order valence-electron chi connectivity index (χ4n) is 20.6. The van der Waals surface area contributed by atoms with Crippen LogP contribution in [0.3, 0.4) is 0 Å². The van der Waals surface area contributed by atoms with Crippen LogP contribution in [0.15, 0.2) is 465 Å². The summed E-state index contributed by atoms with van der Waals surface area (Å²) in [6.07, 6.45) is 0. The van der Waals surface area contributed by atoms with E-state index in [1.165, 1.54) is 109 Å². The molecule has 0 radical (unpaired) electrons. The summed E-state index contributed by atoms with van der Waals surface area (Å²) in [6, 6.07) is 161. The van der Waals surface area contributed by atoms with Gasteiger partial charge < -0.3 is 4.42 Å². The monoisotopic (exact) mass is 1840 g/mol. The SMILES string of the molecule is c1ccc(-c2nc(-c3cccc4ccc5c6ccccc6oc5c34)nc3ccccc23)cc1.c1ccc(-c2nc(-c3cccc4ccc5c6ccccc6sc5c34)nc3c2ccc2ccccc23)cc1.c1ccc(-c2nc(-c3cccc4ccc5c6ccccc6sc5c34)nc3ccc4ccccc4c23)cc1.c1ccc(-c2nc(-c3cccc4ccc5c6ccccc6sc5c34)nc3ccccc23)cc1. The first-order chi connectivity index (χ1) is 69.4. The molecule has 0 saturated carbocycles. The van der Waals surface area contributed by atoms with E-state index in [0.29, 0.717) is 5.82 Å². The molecule has 8 heterocycles. The Morgan fingerprint density at radius 3 is 0.936 bits per heavy atom. The maximum absolute atomic E-state index is 6.37. The second-order valence-electron chi connectivity index (χ2n) is 35.2. The zero-order chi connectivity index (χ0) is 92.2. The van der Waals surface area contributed by atoms with Crippen LogP contribution < -0.4 is 0 Å². The Morgan fingerprint density at radius 2 is 0.471 bits per heavy atom. The van der Waals surface area contributed by atoms with E-state index in [4.69, 9.17) is 44.3 Å². The number of benzene rings is 22. The number of thiophene rings is 3. The zero-order valence-electron chi connectivity index (χ0n) is 75.1. The van der Waals surface area contributed by atoms with Gasteiger partial charge in [-0.05, 0) is 92.3 Å². The van der Waals surface area contributed by atoms with Crippen molar-refractivity contribution in [2.75, 3.05) is 0 Å². The Morgan fingerprint density at radius 1 is 0.164 bits per heavy atom. The van der Waals surface area contributed by atoms with Crippen molar-refractivity contribution >= 4 is 225 Å². The first-order valence-corrected chi connectivity index (χ1v) is 49.4. The Hall–Kier alpha value is -17.8. The minimum absolute atomic E-state index is 0.700. The molecule has 30 rings (SSSR count). The molecule has 0 saturated heterocycles. The van der Waals surface area contributed by atoms with Crippen LogP contribution in [0.5, 0.6) is 0 Å². The Kier molecular flexibility index (Phi) is 20.0. The molecule has 652 valence electrons. The number of hydrogen-bond donors (Lipinski definition) is 0. The second kappa shape index (κ2) is 34.2. The van der Waals surface area contributed by atoms with Crippen LogP contribution in [0, 0.1) is 0 Å². The quantitative estimate of drug-likeness (QED) is 0.137. The van der Waals surface area contributed by atoms with E-state index in [1.54, 1.807) is 0 Å². The largest absolute Gasteiger partial charge is 0.455 e. The van der Waals surface area contributed by atoms with Crippen LogP contribution in [0.1, 0.15) is 0 Å². The van der Waals surface area contributed by atoms with E-state index in [9.17, 15) is 0 Å². The van der Waals surface area contributed by atoms with Gasteiger partial charge in [-0.1, -0.05) is 406 Å². The van der Waals surface area contributed by atoms with Crippen LogP contribution in [-0.2, 0) is 0 Å². The number of aromatic nitrogens is 8. The molecule has 140 heavy (non-hydrogen) atoms. The third-order valence-electron chi connectivity index (χ3n) is 27.1.